The maximum atomic E-state index is 12.5. The molecule has 2 N–H and O–H groups in total. The van der Waals surface area contributed by atoms with Crippen molar-refractivity contribution in [3.63, 3.8) is 0 Å². The summed E-state index contributed by atoms with van der Waals surface area (Å²) >= 11 is 1.97. The number of carbonyl (C=O) groups is 1. The second-order valence-corrected chi connectivity index (χ2v) is 9.04. The highest BCUT2D eigenvalue weighted by Crippen LogP contribution is 2.19. The first-order chi connectivity index (χ1) is 13.7. The predicted octanol–water partition coefficient (Wildman–Crippen LogP) is 4.39. The van der Waals surface area contributed by atoms with E-state index in [9.17, 15) is 9.90 Å². The van der Waals surface area contributed by atoms with Crippen LogP contribution < -0.4 is 5.32 Å². The zero-order valence-electron chi connectivity index (χ0n) is 17.4. The summed E-state index contributed by atoms with van der Waals surface area (Å²) in [6.45, 7) is 4.99. The van der Waals surface area contributed by atoms with Gasteiger partial charge < -0.3 is 10.4 Å². The van der Waals surface area contributed by atoms with Gasteiger partial charge in [-0.2, -0.15) is 11.8 Å². The van der Waals surface area contributed by atoms with Crippen molar-refractivity contribution in [2.24, 2.45) is 0 Å². The maximum Gasteiger partial charge on any atom is 0.220 e. The minimum absolute atomic E-state index is 0.0694. The molecule has 1 saturated heterocycles. The third-order valence-corrected chi connectivity index (χ3v) is 6.38. The van der Waals surface area contributed by atoms with Crippen molar-refractivity contribution in [2.45, 2.75) is 70.4 Å². The number of nitrogens with one attached hydrogen (secondary N) is 1. The number of aliphatic hydroxyl groups is 1. The third kappa shape index (κ3) is 8.97. The number of carbonyl (C=O) groups excluding carboxylic acids is 1. The first kappa shape index (κ1) is 23.2. The van der Waals surface area contributed by atoms with Crippen molar-refractivity contribution in [3.8, 4) is 0 Å². The largest absolute Gasteiger partial charge is 0.386 e. The molecule has 1 amide bonds. The molecule has 1 fully saturated rings. The van der Waals surface area contributed by atoms with Crippen LogP contribution in [0.1, 0.15) is 70.0 Å². The molecule has 1 aliphatic rings. The van der Waals surface area contributed by atoms with E-state index in [-0.39, 0.29) is 11.9 Å². The average molecular weight is 407 g/mol. The Bertz CT molecular complexity index is 535. The summed E-state index contributed by atoms with van der Waals surface area (Å²) in [5, 5.41) is 14.0. The lowest BCUT2D eigenvalue weighted by atomic mass is 10.0. The normalized spacial score (nSPS) is 17.2. The second-order valence-electron chi connectivity index (χ2n) is 7.81. The van der Waals surface area contributed by atoms with E-state index < -0.39 is 6.10 Å². The molecule has 158 valence electrons. The van der Waals surface area contributed by atoms with E-state index in [1.165, 1.54) is 32.1 Å². The van der Waals surface area contributed by atoms with Gasteiger partial charge >= 0.3 is 0 Å². The van der Waals surface area contributed by atoms with E-state index in [1.54, 1.807) is 0 Å². The van der Waals surface area contributed by atoms with Crippen molar-refractivity contribution in [2.75, 3.05) is 31.1 Å². The first-order valence-electron chi connectivity index (χ1n) is 11.0. The van der Waals surface area contributed by atoms with Crippen molar-refractivity contribution in [1.82, 2.24) is 10.2 Å². The van der Waals surface area contributed by atoms with Gasteiger partial charge in [0.1, 0.15) is 6.10 Å². The number of hydrogen-bond donors (Lipinski definition) is 2. The Hall–Kier alpha value is -1.04. The number of hydrogen-bond acceptors (Lipinski definition) is 4. The van der Waals surface area contributed by atoms with Gasteiger partial charge in [0.15, 0.2) is 0 Å². The Labute approximate surface area is 175 Å². The molecule has 0 aromatic heterocycles. The Morgan fingerprint density at radius 1 is 1.07 bits per heavy atom. The monoisotopic (exact) mass is 406 g/mol. The molecule has 1 aromatic rings. The van der Waals surface area contributed by atoms with Crippen LogP contribution in [0, 0.1) is 0 Å². The van der Waals surface area contributed by atoms with Crippen molar-refractivity contribution >= 4 is 17.7 Å². The van der Waals surface area contributed by atoms with E-state index in [4.69, 9.17) is 0 Å². The summed E-state index contributed by atoms with van der Waals surface area (Å²) in [4.78, 5) is 14.9. The Kier molecular flexibility index (Phi) is 11.6. The molecular weight excluding hydrogens is 368 g/mol. The molecule has 1 aromatic carbocycles. The molecule has 2 rings (SSSR count). The van der Waals surface area contributed by atoms with Gasteiger partial charge in [0.05, 0.1) is 6.04 Å². The lowest BCUT2D eigenvalue weighted by molar-refractivity contribution is -0.123. The molecular formula is C23H38N2O2S. The lowest BCUT2D eigenvalue weighted by Gasteiger charge is -2.33. The summed E-state index contributed by atoms with van der Waals surface area (Å²) in [7, 11) is 0. The van der Waals surface area contributed by atoms with Gasteiger partial charge in [-0.1, -0.05) is 75.8 Å². The minimum Gasteiger partial charge on any atom is -0.386 e. The van der Waals surface area contributed by atoms with E-state index in [0.717, 1.165) is 43.0 Å². The summed E-state index contributed by atoms with van der Waals surface area (Å²) < 4.78 is 0. The molecule has 0 bridgehead atoms. The fourth-order valence-corrected chi connectivity index (χ4v) is 4.67. The summed E-state index contributed by atoms with van der Waals surface area (Å²) in [5.74, 6) is 2.32. The smallest absolute Gasteiger partial charge is 0.220 e. The van der Waals surface area contributed by atoms with Crippen LogP contribution in [-0.4, -0.2) is 53.1 Å². The van der Waals surface area contributed by atoms with Crippen LogP contribution >= 0.6 is 11.8 Å². The Morgan fingerprint density at radius 2 is 1.71 bits per heavy atom. The van der Waals surface area contributed by atoms with Gasteiger partial charge in [0, 0.05) is 37.6 Å². The molecule has 28 heavy (non-hydrogen) atoms. The fourth-order valence-electron chi connectivity index (χ4n) is 3.69. The van der Waals surface area contributed by atoms with Gasteiger partial charge in [-0.05, 0) is 12.0 Å². The molecule has 1 heterocycles. The quantitative estimate of drug-likeness (QED) is 0.477. The van der Waals surface area contributed by atoms with Crippen LogP contribution in [0.15, 0.2) is 30.3 Å². The summed E-state index contributed by atoms with van der Waals surface area (Å²) in [6.07, 6.45) is 8.32. The van der Waals surface area contributed by atoms with Crippen LogP contribution in [0.2, 0.25) is 0 Å². The van der Waals surface area contributed by atoms with Crippen LogP contribution in [-0.2, 0) is 4.79 Å². The fraction of sp³-hybridized carbons (Fsp3) is 0.696. The van der Waals surface area contributed by atoms with Gasteiger partial charge in [-0.15, -0.1) is 0 Å². The molecule has 5 heteroatoms. The van der Waals surface area contributed by atoms with Crippen molar-refractivity contribution in [3.05, 3.63) is 35.9 Å². The molecule has 1 aliphatic heterocycles. The lowest BCUT2D eigenvalue weighted by Crippen LogP contribution is -2.49. The Balaban J connectivity index is 1.81. The number of amides is 1. The minimum atomic E-state index is -0.672. The SMILES string of the molecule is CCCCCCCCCC(=O)NC(CN1CCSCC1)C(O)c1ccccc1. The van der Waals surface area contributed by atoms with Gasteiger partial charge in [0.25, 0.3) is 0 Å². The number of rotatable bonds is 13. The topological polar surface area (TPSA) is 52.6 Å². The number of aliphatic hydroxyl groups excluding tert-OH is 1. The number of nitrogens with zero attached hydrogens (tertiary/aromatic N) is 1. The second kappa shape index (κ2) is 14.0. The molecule has 0 spiro atoms. The van der Waals surface area contributed by atoms with E-state index in [0.29, 0.717) is 13.0 Å². The molecule has 0 saturated carbocycles. The predicted molar refractivity (Wildman–Crippen MR) is 120 cm³/mol. The van der Waals surface area contributed by atoms with Crippen LogP contribution in [0.3, 0.4) is 0 Å². The molecule has 0 aliphatic carbocycles. The summed E-state index contributed by atoms with van der Waals surface area (Å²) in [6, 6.07) is 9.44. The first-order valence-corrected chi connectivity index (χ1v) is 12.2. The standard InChI is InChI=1S/C23H38N2O2S/c1-2-3-4-5-6-7-11-14-22(26)24-21(19-25-15-17-28-18-16-25)23(27)20-12-9-8-10-13-20/h8-10,12-13,21,23,27H,2-7,11,14-19H2,1H3,(H,24,26). The van der Waals surface area contributed by atoms with Crippen molar-refractivity contribution in [1.29, 1.82) is 0 Å². The van der Waals surface area contributed by atoms with Crippen molar-refractivity contribution < 1.29 is 9.90 Å². The van der Waals surface area contributed by atoms with Crippen LogP contribution in [0.4, 0.5) is 0 Å². The van der Waals surface area contributed by atoms with Gasteiger partial charge in [-0.25, -0.2) is 0 Å². The van der Waals surface area contributed by atoms with E-state index >= 15 is 0 Å². The van der Waals surface area contributed by atoms with Gasteiger partial charge in [0.2, 0.25) is 5.91 Å². The maximum absolute atomic E-state index is 12.5. The highest BCUT2D eigenvalue weighted by molar-refractivity contribution is 7.99. The van der Waals surface area contributed by atoms with E-state index in [1.807, 2.05) is 42.1 Å². The molecule has 4 nitrogen and oxygen atoms in total. The Morgan fingerprint density at radius 3 is 2.39 bits per heavy atom. The average Bonchev–Trinajstić information content (AvgIpc) is 2.73. The number of thioether (sulfide) groups is 1. The molecule has 0 radical (unpaired) electrons. The van der Waals surface area contributed by atoms with Crippen LogP contribution in [0.25, 0.3) is 0 Å². The number of unbranched alkanes of at least 4 members (excludes halogenated alkanes) is 6. The zero-order chi connectivity index (χ0) is 20.0. The van der Waals surface area contributed by atoms with Crippen LogP contribution in [0.5, 0.6) is 0 Å². The molecule has 2 atom stereocenters. The highest BCUT2D eigenvalue weighted by atomic mass is 32.2. The molecule has 2 unspecified atom stereocenters. The van der Waals surface area contributed by atoms with E-state index in [2.05, 4.69) is 17.1 Å². The highest BCUT2D eigenvalue weighted by Gasteiger charge is 2.25. The van der Waals surface area contributed by atoms with Gasteiger partial charge in [-0.3, -0.25) is 9.69 Å². The number of benzene rings is 1. The zero-order valence-corrected chi connectivity index (χ0v) is 18.3. The summed E-state index contributed by atoms with van der Waals surface area (Å²) in [5.41, 5.74) is 0.870. The third-order valence-electron chi connectivity index (χ3n) is 5.43.